The first-order valence-corrected chi connectivity index (χ1v) is 21.3. The van der Waals surface area contributed by atoms with Crippen LogP contribution in [-0.4, -0.2) is 86.8 Å². The summed E-state index contributed by atoms with van der Waals surface area (Å²) in [6.07, 6.45) is 30.0. The van der Waals surface area contributed by atoms with Crippen molar-refractivity contribution in [3.63, 3.8) is 0 Å². The van der Waals surface area contributed by atoms with Gasteiger partial charge < -0.3 is 19.3 Å². The highest BCUT2D eigenvalue weighted by Crippen LogP contribution is 2.42. The first-order valence-electron chi connectivity index (χ1n) is 21.3. The average Bonchev–Trinajstić information content (AvgIpc) is 3.13. The monoisotopic (exact) mass is 839 g/mol. The fourth-order valence-electron chi connectivity index (χ4n) is 7.27. The van der Waals surface area contributed by atoms with E-state index in [4.69, 9.17) is 9.47 Å². The molecule has 2 aliphatic rings. The lowest BCUT2D eigenvalue weighted by Gasteiger charge is -2.36. The Hall–Kier alpha value is -4.66. The molecule has 0 aromatic rings. The van der Waals surface area contributed by atoms with Crippen molar-refractivity contribution in [3.05, 3.63) is 130 Å². The highest BCUT2D eigenvalue weighted by atomic mass is 16.6. The molecule has 61 heavy (non-hydrogen) atoms. The zero-order chi connectivity index (χ0) is 45.2. The number of Topliss-reactive ketones (excluding diaryl/α,β-unsaturated/α-hetero) is 2. The van der Waals surface area contributed by atoms with Crippen LogP contribution in [0, 0.1) is 10.8 Å². The normalized spacial score (nSPS) is 20.8. The third-order valence-corrected chi connectivity index (χ3v) is 10.8. The van der Waals surface area contributed by atoms with Gasteiger partial charge in [-0.25, -0.2) is 0 Å². The molecule has 0 heterocycles. The Balaban J connectivity index is 0.0000186. The van der Waals surface area contributed by atoms with E-state index >= 15 is 0 Å². The number of rotatable bonds is 20. The van der Waals surface area contributed by atoms with E-state index in [2.05, 4.69) is 65.8 Å². The third kappa shape index (κ3) is 19.3. The Kier molecular flexibility index (Phi) is 23.1. The van der Waals surface area contributed by atoms with Crippen LogP contribution in [-0.2, 0) is 28.7 Å². The Morgan fingerprint density at radius 3 is 1.21 bits per heavy atom. The number of esters is 2. The first kappa shape index (κ1) is 54.4. The van der Waals surface area contributed by atoms with Crippen molar-refractivity contribution >= 4 is 23.5 Å². The van der Waals surface area contributed by atoms with Gasteiger partial charge in [-0.1, -0.05) is 142 Å². The topological polar surface area (TPSA) is 93.2 Å². The predicted octanol–water partition coefficient (Wildman–Crippen LogP) is 11.3. The number of carbonyl (C=O) groups excluding carboxylic acids is 4. The molecule has 0 amide bonds. The van der Waals surface area contributed by atoms with Crippen molar-refractivity contribution in [2.45, 2.75) is 127 Å². The molecule has 0 fully saturated rings. The summed E-state index contributed by atoms with van der Waals surface area (Å²) in [5, 5.41) is 0. The Morgan fingerprint density at radius 2 is 0.885 bits per heavy atom. The number of ketones is 2. The second-order valence-electron chi connectivity index (χ2n) is 18.2. The summed E-state index contributed by atoms with van der Waals surface area (Å²) in [7, 11) is 7.86. The Bertz CT molecular complexity index is 1760. The quantitative estimate of drug-likeness (QED) is 0.0884. The molecule has 8 heteroatoms. The van der Waals surface area contributed by atoms with E-state index in [1.54, 1.807) is 0 Å². The molecule has 0 aromatic carbocycles. The minimum atomic E-state index is -0.735. The molecule has 2 aliphatic carbocycles. The standard InChI is InChI=1S/C52H74N2O6.CH4/c1-37(23-17-25-39(3)29-31-43-41(5)49(57)45(35-51(43,7)8)59-47(55)27-19-33-53(11)12)21-15-16-22-38(2)24-18-26-40(4)30-32-44-42(6)50(58)46(36-52(44,9)10)60-48(56)28-20-34-54(13)14;/h15-18,21-26,29-32,45-46H,19-20,27-28,33-36H2,1-14H3;1H4/b16-15+,23-17+,24-18+,31-29+,32-30+,37-21+,38-22+,39-25+,40-26+;. The minimum absolute atomic E-state index is 0. The van der Waals surface area contributed by atoms with E-state index < -0.39 is 12.2 Å². The number of nitrogens with zero attached hydrogens (tertiary/aromatic N) is 2. The molecular weight excluding hydrogens is 761 g/mol. The van der Waals surface area contributed by atoms with E-state index in [0.717, 1.165) is 46.5 Å². The molecular formula is C53H78N2O6. The Labute approximate surface area is 370 Å². The number of hydrogen-bond acceptors (Lipinski definition) is 8. The van der Waals surface area contributed by atoms with Crippen LogP contribution in [0.4, 0.5) is 0 Å². The molecule has 0 aromatic heterocycles. The van der Waals surface area contributed by atoms with E-state index in [1.807, 2.05) is 126 Å². The van der Waals surface area contributed by atoms with Gasteiger partial charge in [0.15, 0.2) is 23.8 Å². The van der Waals surface area contributed by atoms with Gasteiger partial charge in [-0.15, -0.1) is 0 Å². The maximum absolute atomic E-state index is 13.2. The summed E-state index contributed by atoms with van der Waals surface area (Å²) in [5.74, 6) is -0.854. The highest BCUT2D eigenvalue weighted by Gasteiger charge is 2.41. The maximum atomic E-state index is 13.2. The summed E-state index contributed by atoms with van der Waals surface area (Å²) in [4.78, 5) is 55.2. The Morgan fingerprint density at radius 1 is 0.574 bits per heavy atom. The van der Waals surface area contributed by atoms with Crippen LogP contribution < -0.4 is 0 Å². The van der Waals surface area contributed by atoms with Crippen LogP contribution in [0.5, 0.6) is 0 Å². The molecule has 2 rings (SSSR count). The van der Waals surface area contributed by atoms with Gasteiger partial charge in [0.25, 0.3) is 0 Å². The fraction of sp³-hybridized carbons (Fsp3) is 0.509. The second kappa shape index (κ2) is 26.0. The van der Waals surface area contributed by atoms with Crippen molar-refractivity contribution in [1.82, 2.24) is 9.80 Å². The fourth-order valence-corrected chi connectivity index (χ4v) is 7.27. The van der Waals surface area contributed by atoms with Gasteiger partial charge in [0.1, 0.15) is 0 Å². The average molecular weight is 839 g/mol. The lowest BCUT2D eigenvalue weighted by Crippen LogP contribution is -2.39. The summed E-state index contributed by atoms with van der Waals surface area (Å²) < 4.78 is 11.3. The van der Waals surface area contributed by atoms with Crippen LogP contribution >= 0.6 is 0 Å². The molecule has 0 aliphatic heterocycles. The molecule has 0 spiro atoms. The summed E-state index contributed by atoms with van der Waals surface area (Å²) >= 11 is 0. The molecule has 336 valence electrons. The van der Waals surface area contributed by atoms with E-state index in [0.29, 0.717) is 49.7 Å². The molecule has 0 N–H and O–H groups in total. The van der Waals surface area contributed by atoms with Crippen LogP contribution in [0.15, 0.2) is 130 Å². The summed E-state index contributed by atoms with van der Waals surface area (Å²) in [6, 6.07) is 0. The first-order chi connectivity index (χ1) is 28.0. The molecule has 0 bridgehead atoms. The minimum Gasteiger partial charge on any atom is -0.454 e. The molecule has 8 nitrogen and oxygen atoms in total. The lowest BCUT2D eigenvalue weighted by molar-refractivity contribution is -0.156. The molecule has 0 saturated carbocycles. The summed E-state index contributed by atoms with van der Waals surface area (Å²) in [6.45, 7) is 21.8. The highest BCUT2D eigenvalue weighted by molar-refractivity contribution is 6.02. The van der Waals surface area contributed by atoms with Gasteiger partial charge in [-0.2, -0.15) is 0 Å². The molecule has 2 atom stereocenters. The number of allylic oxidation sites excluding steroid dienone is 20. The lowest BCUT2D eigenvalue weighted by atomic mass is 9.71. The van der Waals surface area contributed by atoms with Crippen molar-refractivity contribution in [1.29, 1.82) is 0 Å². The van der Waals surface area contributed by atoms with Gasteiger partial charge in [0.05, 0.1) is 0 Å². The number of ether oxygens (including phenoxy) is 2. The van der Waals surface area contributed by atoms with Crippen molar-refractivity contribution in [2.75, 3.05) is 41.3 Å². The zero-order valence-electron chi connectivity index (χ0n) is 39.2. The van der Waals surface area contributed by atoms with Crippen LogP contribution in [0.1, 0.15) is 115 Å². The van der Waals surface area contributed by atoms with E-state index in [9.17, 15) is 19.2 Å². The third-order valence-electron chi connectivity index (χ3n) is 10.8. The largest absolute Gasteiger partial charge is 0.454 e. The second-order valence-corrected chi connectivity index (χ2v) is 18.2. The predicted molar refractivity (Wildman–Crippen MR) is 255 cm³/mol. The molecule has 0 saturated heterocycles. The van der Waals surface area contributed by atoms with Crippen molar-refractivity contribution < 1.29 is 28.7 Å². The number of hydrogen-bond donors (Lipinski definition) is 0. The maximum Gasteiger partial charge on any atom is 0.306 e. The van der Waals surface area contributed by atoms with Crippen molar-refractivity contribution in [3.8, 4) is 0 Å². The van der Waals surface area contributed by atoms with Crippen molar-refractivity contribution in [2.24, 2.45) is 10.8 Å². The molecule has 2 unspecified atom stereocenters. The van der Waals surface area contributed by atoms with Gasteiger partial charge in [0, 0.05) is 25.7 Å². The molecule has 0 radical (unpaired) electrons. The van der Waals surface area contributed by atoms with Gasteiger partial charge in [0.2, 0.25) is 0 Å². The van der Waals surface area contributed by atoms with Crippen LogP contribution in [0.25, 0.3) is 0 Å². The van der Waals surface area contributed by atoms with Gasteiger partial charge in [-0.05, 0) is 129 Å². The zero-order valence-corrected chi connectivity index (χ0v) is 39.2. The number of carbonyl (C=O) groups is 4. The van der Waals surface area contributed by atoms with E-state index in [-0.39, 0.29) is 41.8 Å². The van der Waals surface area contributed by atoms with E-state index in [1.165, 1.54) is 0 Å². The van der Waals surface area contributed by atoms with Crippen LogP contribution in [0.3, 0.4) is 0 Å². The van der Waals surface area contributed by atoms with Gasteiger partial charge in [-0.3, -0.25) is 19.2 Å². The van der Waals surface area contributed by atoms with Gasteiger partial charge >= 0.3 is 11.9 Å². The van der Waals surface area contributed by atoms with Crippen LogP contribution in [0.2, 0.25) is 0 Å². The smallest absolute Gasteiger partial charge is 0.306 e. The SMILES string of the molecule is C.CC1=C(/C=C/C(C)=C/C=C/C(C)=C/C=C/C=C(C)/C=C/C=C(C)/C=C/C2=C(C)C(=O)C(OC(=O)CCCN(C)C)CC2(C)C)C(C)(C)CC(OC(=O)CCCN(C)C)C1=O. The summed E-state index contributed by atoms with van der Waals surface area (Å²) in [5.41, 5.74) is 6.93.